The Morgan fingerprint density at radius 1 is 1.47 bits per heavy atom. The molecule has 1 heterocycles. The molecule has 1 fully saturated rings. The molecule has 3 nitrogen and oxygen atoms in total. The van der Waals surface area contributed by atoms with Gasteiger partial charge < -0.3 is 15.1 Å². The van der Waals surface area contributed by atoms with Crippen LogP contribution in [0.5, 0.6) is 0 Å². The third-order valence-corrected chi connectivity index (χ3v) is 3.66. The van der Waals surface area contributed by atoms with Crippen LogP contribution in [0.1, 0.15) is 5.56 Å². The lowest BCUT2D eigenvalue weighted by Crippen LogP contribution is -2.53. The number of halogens is 1. The number of nitrogens with one attached hydrogen (secondary N) is 1. The number of hydrogen-bond acceptors (Lipinski definition) is 3. The average Bonchev–Trinajstić information content (AvgIpc) is 2.36. The number of hydrogen-bond donors (Lipinski definition) is 1. The quantitative estimate of drug-likeness (QED) is 0.863. The molecule has 2 rings (SSSR count). The van der Waals surface area contributed by atoms with E-state index >= 15 is 0 Å². The van der Waals surface area contributed by atoms with Crippen molar-refractivity contribution in [3.8, 4) is 0 Å². The van der Waals surface area contributed by atoms with E-state index in [1.165, 1.54) is 6.07 Å². The molecule has 0 bridgehead atoms. The molecule has 19 heavy (non-hydrogen) atoms. The lowest BCUT2D eigenvalue weighted by atomic mass is 10.1. The van der Waals surface area contributed by atoms with Gasteiger partial charge in [-0.25, -0.2) is 4.39 Å². The monoisotopic (exact) mass is 265 g/mol. The molecule has 1 aromatic carbocycles. The smallest absolute Gasteiger partial charge is 0.123 e. The molecule has 0 radical (unpaired) electrons. The van der Waals surface area contributed by atoms with Crippen molar-refractivity contribution in [2.45, 2.75) is 12.5 Å². The fraction of sp³-hybridized carbons (Fsp3) is 0.600. The molecule has 1 aliphatic heterocycles. The Hall–Kier alpha value is -0.970. The summed E-state index contributed by atoms with van der Waals surface area (Å²) in [6.07, 6.45) is 0.900. The van der Waals surface area contributed by atoms with E-state index in [4.69, 9.17) is 0 Å². The van der Waals surface area contributed by atoms with Gasteiger partial charge in [-0.3, -0.25) is 0 Å². The molecular formula is C15H24FN3. The van der Waals surface area contributed by atoms with Crippen LogP contribution in [0, 0.1) is 5.82 Å². The molecule has 1 unspecified atom stereocenters. The molecule has 0 spiro atoms. The average molecular weight is 265 g/mol. The highest BCUT2D eigenvalue weighted by molar-refractivity contribution is 5.16. The molecule has 106 valence electrons. The molecule has 0 aromatic heterocycles. The van der Waals surface area contributed by atoms with Crippen molar-refractivity contribution in [1.29, 1.82) is 0 Å². The second-order valence-corrected chi connectivity index (χ2v) is 5.56. The Morgan fingerprint density at radius 2 is 2.32 bits per heavy atom. The first-order valence-electron chi connectivity index (χ1n) is 6.98. The van der Waals surface area contributed by atoms with Gasteiger partial charge in [-0.15, -0.1) is 0 Å². The van der Waals surface area contributed by atoms with Crippen molar-refractivity contribution in [2.75, 3.05) is 46.8 Å². The molecule has 0 saturated carbocycles. The van der Waals surface area contributed by atoms with Crippen LogP contribution < -0.4 is 5.32 Å². The summed E-state index contributed by atoms with van der Waals surface area (Å²) in [7, 11) is 4.30. The van der Waals surface area contributed by atoms with Gasteiger partial charge in [0.1, 0.15) is 5.82 Å². The maximum atomic E-state index is 13.1. The summed E-state index contributed by atoms with van der Waals surface area (Å²) in [6, 6.07) is 7.43. The SMILES string of the molecule is CN1CCNC(CN(C)CCc2cccc(F)c2)C1. The summed E-state index contributed by atoms with van der Waals surface area (Å²) in [5.74, 6) is -0.143. The van der Waals surface area contributed by atoms with Crippen LogP contribution >= 0.6 is 0 Å². The van der Waals surface area contributed by atoms with Crippen LogP contribution in [-0.4, -0.2) is 62.7 Å². The zero-order valence-electron chi connectivity index (χ0n) is 11.9. The Bertz CT molecular complexity index is 397. The van der Waals surface area contributed by atoms with Crippen molar-refractivity contribution >= 4 is 0 Å². The Balaban J connectivity index is 1.73. The van der Waals surface area contributed by atoms with Gasteiger partial charge >= 0.3 is 0 Å². The fourth-order valence-electron chi connectivity index (χ4n) is 2.59. The number of benzene rings is 1. The minimum Gasteiger partial charge on any atom is -0.310 e. The van der Waals surface area contributed by atoms with E-state index in [2.05, 4.69) is 29.2 Å². The summed E-state index contributed by atoms with van der Waals surface area (Å²) < 4.78 is 13.1. The van der Waals surface area contributed by atoms with Crippen LogP contribution in [0.25, 0.3) is 0 Å². The molecular weight excluding hydrogens is 241 g/mol. The number of rotatable bonds is 5. The maximum Gasteiger partial charge on any atom is 0.123 e. The van der Waals surface area contributed by atoms with E-state index in [0.29, 0.717) is 6.04 Å². The molecule has 0 aliphatic carbocycles. The molecule has 1 aromatic rings. The highest BCUT2D eigenvalue weighted by Gasteiger charge is 2.17. The first kappa shape index (κ1) is 14.4. The summed E-state index contributed by atoms with van der Waals surface area (Å²) in [4.78, 5) is 4.68. The van der Waals surface area contributed by atoms with Gasteiger partial charge in [-0.1, -0.05) is 12.1 Å². The van der Waals surface area contributed by atoms with Crippen LogP contribution in [0.3, 0.4) is 0 Å². The maximum absolute atomic E-state index is 13.1. The Kier molecular flexibility index (Phi) is 5.31. The van der Waals surface area contributed by atoms with E-state index in [1.54, 1.807) is 12.1 Å². The zero-order chi connectivity index (χ0) is 13.7. The van der Waals surface area contributed by atoms with Crippen molar-refractivity contribution in [3.05, 3.63) is 35.6 Å². The van der Waals surface area contributed by atoms with Gasteiger partial charge in [0, 0.05) is 38.8 Å². The van der Waals surface area contributed by atoms with Gasteiger partial charge in [0.25, 0.3) is 0 Å². The molecule has 1 saturated heterocycles. The summed E-state index contributed by atoms with van der Waals surface area (Å²) >= 11 is 0. The lowest BCUT2D eigenvalue weighted by Gasteiger charge is -2.33. The molecule has 1 atom stereocenters. The predicted octanol–water partition coefficient (Wildman–Crippen LogP) is 1.20. The largest absolute Gasteiger partial charge is 0.310 e. The third-order valence-electron chi connectivity index (χ3n) is 3.66. The van der Waals surface area contributed by atoms with Crippen molar-refractivity contribution in [3.63, 3.8) is 0 Å². The van der Waals surface area contributed by atoms with Crippen molar-refractivity contribution in [1.82, 2.24) is 15.1 Å². The predicted molar refractivity (Wildman–Crippen MR) is 76.9 cm³/mol. The standard InChI is InChI=1S/C15H24FN3/c1-18(11-15-12-19(2)9-7-17-15)8-6-13-4-3-5-14(16)10-13/h3-5,10,15,17H,6-9,11-12H2,1-2H3. The Labute approximate surface area is 115 Å². The normalized spacial score (nSPS) is 20.9. The lowest BCUT2D eigenvalue weighted by molar-refractivity contribution is 0.196. The molecule has 1 N–H and O–H groups in total. The van der Waals surface area contributed by atoms with E-state index in [9.17, 15) is 4.39 Å². The van der Waals surface area contributed by atoms with Crippen LogP contribution in [0.15, 0.2) is 24.3 Å². The van der Waals surface area contributed by atoms with E-state index in [0.717, 1.165) is 44.7 Å². The fourth-order valence-corrected chi connectivity index (χ4v) is 2.59. The number of piperazine rings is 1. The zero-order valence-corrected chi connectivity index (χ0v) is 11.9. The number of likely N-dealkylation sites (N-methyl/N-ethyl adjacent to an activating group) is 2. The second-order valence-electron chi connectivity index (χ2n) is 5.56. The summed E-state index contributed by atoms with van der Waals surface area (Å²) in [5.41, 5.74) is 1.07. The molecule has 4 heteroatoms. The van der Waals surface area contributed by atoms with Gasteiger partial charge in [-0.05, 0) is 38.2 Å². The Morgan fingerprint density at radius 3 is 3.05 bits per heavy atom. The van der Waals surface area contributed by atoms with Gasteiger partial charge in [0.05, 0.1) is 0 Å². The van der Waals surface area contributed by atoms with E-state index in [1.807, 2.05) is 6.07 Å². The van der Waals surface area contributed by atoms with Crippen LogP contribution in [-0.2, 0) is 6.42 Å². The first-order valence-corrected chi connectivity index (χ1v) is 6.98. The topological polar surface area (TPSA) is 18.5 Å². The second kappa shape index (κ2) is 6.98. The minimum atomic E-state index is -0.143. The van der Waals surface area contributed by atoms with Gasteiger partial charge in [0.15, 0.2) is 0 Å². The summed E-state index contributed by atoms with van der Waals surface area (Å²) in [5, 5.41) is 3.54. The van der Waals surface area contributed by atoms with E-state index in [-0.39, 0.29) is 5.82 Å². The highest BCUT2D eigenvalue weighted by Crippen LogP contribution is 2.05. The highest BCUT2D eigenvalue weighted by atomic mass is 19.1. The first-order chi connectivity index (χ1) is 9.13. The minimum absolute atomic E-state index is 0.143. The third kappa shape index (κ3) is 4.90. The van der Waals surface area contributed by atoms with Crippen LogP contribution in [0.2, 0.25) is 0 Å². The number of nitrogens with zero attached hydrogens (tertiary/aromatic N) is 2. The molecule has 0 amide bonds. The van der Waals surface area contributed by atoms with E-state index < -0.39 is 0 Å². The summed E-state index contributed by atoms with van der Waals surface area (Å²) in [6.45, 7) is 5.30. The molecule has 1 aliphatic rings. The van der Waals surface area contributed by atoms with Crippen molar-refractivity contribution in [2.24, 2.45) is 0 Å². The van der Waals surface area contributed by atoms with Gasteiger partial charge in [-0.2, -0.15) is 0 Å². The van der Waals surface area contributed by atoms with Crippen molar-refractivity contribution < 1.29 is 4.39 Å². The van der Waals surface area contributed by atoms with Crippen LogP contribution in [0.4, 0.5) is 4.39 Å². The van der Waals surface area contributed by atoms with Gasteiger partial charge in [0.2, 0.25) is 0 Å².